The molecule has 0 N–H and O–H groups in total. The largest absolute Gasteiger partial charge is 0.325 e. The van der Waals surface area contributed by atoms with Gasteiger partial charge in [0, 0.05) is 12.5 Å². The van der Waals surface area contributed by atoms with Crippen molar-refractivity contribution in [2.75, 3.05) is 0 Å². The minimum absolute atomic E-state index is 0.647. The Bertz CT molecular complexity index is 644. The number of benzene rings is 1. The predicted molar refractivity (Wildman–Crippen MR) is 80.6 cm³/mol. The number of imidazole rings is 1. The van der Waals surface area contributed by atoms with E-state index in [1.54, 1.807) is 0 Å². The summed E-state index contributed by atoms with van der Waals surface area (Å²) in [6.07, 6.45) is 8.68. The third kappa shape index (κ3) is 2.56. The van der Waals surface area contributed by atoms with Crippen LogP contribution in [0.25, 0.3) is 11.0 Å². The smallest absolute Gasteiger partial charge is 0.110 e. The van der Waals surface area contributed by atoms with Gasteiger partial charge in [0.2, 0.25) is 0 Å². The second-order valence-corrected chi connectivity index (χ2v) is 5.76. The molecular weight excluding hydrogens is 246 g/mol. The molecule has 0 aliphatic heterocycles. The van der Waals surface area contributed by atoms with E-state index in [1.807, 2.05) is 12.1 Å². The van der Waals surface area contributed by atoms with E-state index in [0.717, 1.165) is 11.9 Å². The molecule has 3 rings (SSSR count). The Morgan fingerprint density at radius 3 is 2.85 bits per heavy atom. The Morgan fingerprint density at radius 2 is 2.15 bits per heavy atom. The lowest BCUT2D eigenvalue weighted by molar-refractivity contribution is 0.622. The molecule has 0 unspecified atom stereocenters. The quantitative estimate of drug-likeness (QED) is 0.729. The molecule has 1 fully saturated rings. The number of hydrogen-bond donors (Lipinski definition) is 0. The summed E-state index contributed by atoms with van der Waals surface area (Å²) in [6, 6.07) is 8.74. The third-order valence-electron chi connectivity index (χ3n) is 4.06. The van der Waals surface area contributed by atoms with Gasteiger partial charge in [-0.05, 0) is 37.5 Å². The highest BCUT2D eigenvalue weighted by molar-refractivity contribution is 5.78. The van der Waals surface area contributed by atoms with Gasteiger partial charge in [0.05, 0.1) is 22.7 Å². The molecule has 104 valence electrons. The Labute approximate surface area is 120 Å². The van der Waals surface area contributed by atoms with Crippen LogP contribution in [-0.2, 0) is 6.42 Å². The third-order valence-corrected chi connectivity index (χ3v) is 4.06. The number of nitrogens with zero attached hydrogens (tertiary/aromatic N) is 3. The van der Waals surface area contributed by atoms with E-state index in [4.69, 9.17) is 10.2 Å². The average Bonchev–Trinajstić information content (AvgIpc) is 3.24. The Hall–Kier alpha value is -1.82. The summed E-state index contributed by atoms with van der Waals surface area (Å²) < 4.78 is 2.42. The number of fused-ring (bicyclic) bond motifs is 1. The van der Waals surface area contributed by atoms with Crippen LogP contribution < -0.4 is 0 Å². The molecule has 2 aromatic rings. The van der Waals surface area contributed by atoms with Crippen molar-refractivity contribution in [2.45, 2.75) is 57.9 Å². The first kappa shape index (κ1) is 13.2. The highest BCUT2D eigenvalue weighted by Crippen LogP contribution is 2.39. The van der Waals surface area contributed by atoms with Crippen molar-refractivity contribution in [3.05, 3.63) is 29.6 Å². The van der Waals surface area contributed by atoms with Crippen molar-refractivity contribution in [3.8, 4) is 6.07 Å². The van der Waals surface area contributed by atoms with Gasteiger partial charge in [-0.15, -0.1) is 0 Å². The number of rotatable bonds is 6. The molecule has 1 saturated carbocycles. The van der Waals surface area contributed by atoms with Gasteiger partial charge in [-0.2, -0.15) is 5.26 Å². The number of unbranched alkanes of at least 4 members (excludes halogenated alkanes) is 3. The van der Waals surface area contributed by atoms with Crippen LogP contribution in [0, 0.1) is 11.3 Å². The molecule has 1 aliphatic rings. The van der Waals surface area contributed by atoms with Crippen LogP contribution in [0.1, 0.15) is 62.9 Å². The molecular formula is C17H21N3. The minimum atomic E-state index is 0.647. The van der Waals surface area contributed by atoms with Crippen molar-refractivity contribution < 1.29 is 0 Å². The maximum atomic E-state index is 9.01. The van der Waals surface area contributed by atoms with Gasteiger partial charge in [-0.1, -0.05) is 26.2 Å². The molecule has 0 spiro atoms. The van der Waals surface area contributed by atoms with Crippen LogP contribution in [0.2, 0.25) is 0 Å². The fourth-order valence-electron chi connectivity index (χ4n) is 2.84. The fraction of sp³-hybridized carbons (Fsp3) is 0.529. The first-order valence-corrected chi connectivity index (χ1v) is 7.74. The van der Waals surface area contributed by atoms with Crippen LogP contribution >= 0.6 is 0 Å². The average molecular weight is 267 g/mol. The summed E-state index contributed by atoms with van der Waals surface area (Å²) >= 11 is 0. The molecule has 1 heterocycles. The van der Waals surface area contributed by atoms with Crippen molar-refractivity contribution in [2.24, 2.45) is 0 Å². The van der Waals surface area contributed by atoms with Gasteiger partial charge < -0.3 is 4.57 Å². The standard InChI is InChI=1S/C17H21N3/c1-2-3-4-5-6-17-19-15-11-13(12-18)7-10-16(15)20(17)14-8-9-14/h7,10-11,14H,2-6,8-9H2,1H3. The summed E-state index contributed by atoms with van der Waals surface area (Å²) in [5.74, 6) is 1.22. The molecule has 20 heavy (non-hydrogen) atoms. The second-order valence-electron chi connectivity index (χ2n) is 5.76. The van der Waals surface area contributed by atoms with Crippen LogP contribution in [-0.4, -0.2) is 9.55 Å². The van der Waals surface area contributed by atoms with Crippen LogP contribution in [0.5, 0.6) is 0 Å². The van der Waals surface area contributed by atoms with E-state index < -0.39 is 0 Å². The normalized spacial score (nSPS) is 14.6. The summed E-state index contributed by atoms with van der Waals surface area (Å²) in [7, 11) is 0. The molecule has 0 atom stereocenters. The van der Waals surface area contributed by atoms with Gasteiger partial charge in [0.1, 0.15) is 5.82 Å². The molecule has 0 saturated heterocycles. The van der Waals surface area contributed by atoms with E-state index in [2.05, 4.69) is 23.6 Å². The molecule has 3 heteroatoms. The van der Waals surface area contributed by atoms with Crippen LogP contribution in [0.4, 0.5) is 0 Å². The van der Waals surface area contributed by atoms with E-state index in [9.17, 15) is 0 Å². The molecule has 1 aromatic carbocycles. The molecule has 1 aliphatic carbocycles. The summed E-state index contributed by atoms with van der Waals surface area (Å²) in [5, 5.41) is 9.01. The first-order valence-electron chi connectivity index (χ1n) is 7.74. The second kappa shape index (κ2) is 5.66. The Balaban J connectivity index is 1.89. The van der Waals surface area contributed by atoms with E-state index in [-0.39, 0.29) is 0 Å². The highest BCUT2D eigenvalue weighted by atomic mass is 15.1. The molecule has 0 bridgehead atoms. The number of aryl methyl sites for hydroxylation is 1. The van der Waals surface area contributed by atoms with Gasteiger partial charge in [-0.3, -0.25) is 0 Å². The zero-order valence-corrected chi connectivity index (χ0v) is 12.1. The zero-order valence-electron chi connectivity index (χ0n) is 12.1. The highest BCUT2D eigenvalue weighted by Gasteiger charge is 2.27. The topological polar surface area (TPSA) is 41.6 Å². The summed E-state index contributed by atoms with van der Waals surface area (Å²) in [5.41, 5.74) is 2.90. The van der Waals surface area contributed by atoms with Crippen molar-refractivity contribution in [1.82, 2.24) is 9.55 Å². The summed E-state index contributed by atoms with van der Waals surface area (Å²) in [4.78, 5) is 4.79. The monoisotopic (exact) mass is 267 g/mol. The van der Waals surface area contributed by atoms with E-state index >= 15 is 0 Å². The van der Waals surface area contributed by atoms with Gasteiger partial charge in [0.15, 0.2) is 0 Å². The van der Waals surface area contributed by atoms with Crippen molar-refractivity contribution >= 4 is 11.0 Å². The molecule has 0 amide bonds. The zero-order chi connectivity index (χ0) is 13.9. The lowest BCUT2D eigenvalue weighted by Crippen LogP contribution is -2.01. The van der Waals surface area contributed by atoms with Gasteiger partial charge in [-0.25, -0.2) is 4.98 Å². The molecule has 1 aromatic heterocycles. The van der Waals surface area contributed by atoms with Gasteiger partial charge >= 0.3 is 0 Å². The van der Waals surface area contributed by atoms with Crippen LogP contribution in [0.15, 0.2) is 18.2 Å². The van der Waals surface area contributed by atoms with Crippen molar-refractivity contribution in [3.63, 3.8) is 0 Å². The van der Waals surface area contributed by atoms with Gasteiger partial charge in [0.25, 0.3) is 0 Å². The molecule has 3 nitrogen and oxygen atoms in total. The summed E-state index contributed by atoms with van der Waals surface area (Å²) in [6.45, 7) is 2.24. The molecule has 0 radical (unpaired) electrons. The SMILES string of the molecule is CCCCCCc1nc2cc(C#N)ccc2n1C1CC1. The Morgan fingerprint density at radius 1 is 1.30 bits per heavy atom. The first-order chi connectivity index (χ1) is 9.83. The number of hydrogen-bond acceptors (Lipinski definition) is 2. The lowest BCUT2D eigenvalue weighted by Gasteiger charge is -2.07. The lowest BCUT2D eigenvalue weighted by atomic mass is 10.1. The van der Waals surface area contributed by atoms with E-state index in [0.29, 0.717) is 11.6 Å². The fourth-order valence-corrected chi connectivity index (χ4v) is 2.84. The maximum absolute atomic E-state index is 9.01. The number of aromatic nitrogens is 2. The number of nitriles is 1. The van der Waals surface area contributed by atoms with Crippen molar-refractivity contribution in [1.29, 1.82) is 5.26 Å². The maximum Gasteiger partial charge on any atom is 0.110 e. The predicted octanol–water partition coefficient (Wildman–Crippen LogP) is 4.37. The van der Waals surface area contributed by atoms with E-state index in [1.165, 1.54) is 49.9 Å². The van der Waals surface area contributed by atoms with Crippen LogP contribution in [0.3, 0.4) is 0 Å². The Kier molecular flexibility index (Phi) is 3.73. The minimum Gasteiger partial charge on any atom is -0.325 e.